The van der Waals surface area contributed by atoms with E-state index in [9.17, 15) is 0 Å². The molecule has 0 amide bonds. The van der Waals surface area contributed by atoms with Gasteiger partial charge in [-0.15, -0.1) is 11.3 Å². The highest BCUT2D eigenvalue weighted by Gasteiger charge is 2.20. The summed E-state index contributed by atoms with van der Waals surface area (Å²) in [5.41, 5.74) is 1.02. The zero-order chi connectivity index (χ0) is 12.5. The predicted octanol–water partition coefficient (Wildman–Crippen LogP) is 4.97. The van der Waals surface area contributed by atoms with Crippen LogP contribution in [0.4, 0.5) is 0 Å². The zero-order valence-electron chi connectivity index (χ0n) is 9.75. The van der Waals surface area contributed by atoms with Gasteiger partial charge in [-0.2, -0.15) is 0 Å². The summed E-state index contributed by atoms with van der Waals surface area (Å²) in [6.45, 7) is 0.952. The Morgan fingerprint density at radius 1 is 1.17 bits per heavy atom. The van der Waals surface area contributed by atoms with Crippen LogP contribution in [0, 0.1) is 0 Å². The molecule has 0 bridgehead atoms. The average Bonchev–Trinajstić information content (AvgIpc) is 3.08. The second kappa shape index (κ2) is 5.22. The van der Waals surface area contributed by atoms with Crippen molar-refractivity contribution in [3.8, 4) is 10.4 Å². The van der Waals surface area contributed by atoms with Gasteiger partial charge in [-0.1, -0.05) is 35.3 Å². The Bertz CT molecular complexity index is 561. The van der Waals surface area contributed by atoms with Crippen LogP contribution in [0.15, 0.2) is 30.3 Å². The molecule has 1 nitrogen and oxygen atoms in total. The minimum atomic E-state index is 0.611. The lowest BCUT2D eigenvalue weighted by atomic mass is 10.2. The van der Waals surface area contributed by atoms with Crippen LogP contribution in [0.5, 0.6) is 0 Å². The molecule has 1 aromatic heterocycles. The lowest BCUT2D eigenvalue weighted by molar-refractivity contribution is 0.695. The van der Waals surface area contributed by atoms with Gasteiger partial charge in [-0.25, -0.2) is 0 Å². The van der Waals surface area contributed by atoms with Gasteiger partial charge in [0.1, 0.15) is 0 Å². The first-order valence-corrected chi connectivity index (χ1v) is 7.58. The van der Waals surface area contributed by atoms with Crippen LogP contribution in [0.25, 0.3) is 10.4 Å². The molecule has 0 saturated heterocycles. The third kappa shape index (κ3) is 2.72. The fourth-order valence-electron chi connectivity index (χ4n) is 1.84. The smallest absolute Gasteiger partial charge is 0.0678 e. The molecule has 0 spiro atoms. The summed E-state index contributed by atoms with van der Waals surface area (Å²) in [5.74, 6) is 0. The molecular formula is C14H13Cl2NS. The standard InChI is InChI=1S/C14H13Cl2NS/c15-12-3-1-2-11(14(12)16)13-7-6-10(18-13)8-17-9-4-5-9/h1-3,6-7,9,17H,4-5,8H2. The average molecular weight is 298 g/mol. The Balaban J connectivity index is 1.80. The van der Waals surface area contributed by atoms with Crippen molar-refractivity contribution in [3.05, 3.63) is 45.3 Å². The SMILES string of the molecule is Clc1cccc(-c2ccc(CNC3CC3)s2)c1Cl. The van der Waals surface area contributed by atoms with E-state index < -0.39 is 0 Å². The third-order valence-corrected chi connectivity index (χ3v) is 4.96. The van der Waals surface area contributed by atoms with E-state index in [0.717, 1.165) is 18.2 Å². The van der Waals surface area contributed by atoms with Gasteiger partial charge in [0, 0.05) is 27.9 Å². The molecule has 4 heteroatoms. The maximum atomic E-state index is 6.23. The van der Waals surface area contributed by atoms with E-state index in [1.165, 1.54) is 22.6 Å². The van der Waals surface area contributed by atoms with Crippen LogP contribution < -0.4 is 5.32 Å². The lowest BCUT2D eigenvalue weighted by Gasteiger charge is -2.03. The molecule has 1 saturated carbocycles. The number of hydrogen-bond donors (Lipinski definition) is 1. The number of benzene rings is 1. The van der Waals surface area contributed by atoms with Crippen molar-refractivity contribution >= 4 is 34.5 Å². The topological polar surface area (TPSA) is 12.0 Å². The highest BCUT2D eigenvalue weighted by Crippen LogP contribution is 2.37. The van der Waals surface area contributed by atoms with E-state index in [1.54, 1.807) is 11.3 Å². The Morgan fingerprint density at radius 3 is 2.78 bits per heavy atom. The van der Waals surface area contributed by atoms with Crippen molar-refractivity contribution in [2.24, 2.45) is 0 Å². The molecule has 0 radical (unpaired) electrons. The molecule has 1 heterocycles. The van der Waals surface area contributed by atoms with E-state index in [4.69, 9.17) is 23.2 Å². The summed E-state index contributed by atoms with van der Waals surface area (Å²) in [5, 5.41) is 4.77. The summed E-state index contributed by atoms with van der Waals surface area (Å²) in [4.78, 5) is 2.52. The fourth-order valence-corrected chi connectivity index (χ4v) is 3.29. The van der Waals surface area contributed by atoms with Crippen molar-refractivity contribution < 1.29 is 0 Å². The minimum absolute atomic E-state index is 0.611. The number of thiophene rings is 1. The highest BCUT2D eigenvalue weighted by atomic mass is 35.5. The van der Waals surface area contributed by atoms with Gasteiger partial charge in [0.25, 0.3) is 0 Å². The molecule has 94 valence electrons. The van der Waals surface area contributed by atoms with Crippen molar-refractivity contribution in [1.82, 2.24) is 5.32 Å². The molecule has 0 atom stereocenters. The molecule has 1 aliphatic carbocycles. The van der Waals surface area contributed by atoms with Gasteiger partial charge < -0.3 is 5.32 Å². The summed E-state index contributed by atoms with van der Waals surface area (Å²) >= 11 is 14.0. The van der Waals surface area contributed by atoms with Crippen LogP contribution in [-0.4, -0.2) is 6.04 Å². The van der Waals surface area contributed by atoms with E-state index in [-0.39, 0.29) is 0 Å². The molecule has 1 N–H and O–H groups in total. The van der Waals surface area contributed by atoms with Gasteiger partial charge in [-0.05, 0) is 31.0 Å². The normalized spacial score (nSPS) is 15.0. The Labute approximate surface area is 121 Å². The van der Waals surface area contributed by atoms with Crippen molar-refractivity contribution in [3.63, 3.8) is 0 Å². The van der Waals surface area contributed by atoms with E-state index in [0.29, 0.717) is 10.0 Å². The molecule has 1 aliphatic rings. The molecule has 0 aliphatic heterocycles. The quantitative estimate of drug-likeness (QED) is 0.840. The Morgan fingerprint density at radius 2 is 2.00 bits per heavy atom. The Hall–Kier alpha value is -0.540. The van der Waals surface area contributed by atoms with Crippen molar-refractivity contribution in [1.29, 1.82) is 0 Å². The molecule has 1 fully saturated rings. The maximum Gasteiger partial charge on any atom is 0.0678 e. The molecular weight excluding hydrogens is 285 g/mol. The highest BCUT2D eigenvalue weighted by molar-refractivity contribution is 7.15. The summed E-state index contributed by atoms with van der Waals surface area (Å²) in [7, 11) is 0. The van der Waals surface area contributed by atoms with Crippen molar-refractivity contribution in [2.45, 2.75) is 25.4 Å². The van der Waals surface area contributed by atoms with Gasteiger partial charge in [0.2, 0.25) is 0 Å². The van der Waals surface area contributed by atoms with Crippen LogP contribution >= 0.6 is 34.5 Å². The van der Waals surface area contributed by atoms with E-state index in [1.807, 2.05) is 18.2 Å². The van der Waals surface area contributed by atoms with Crippen LogP contribution in [0.3, 0.4) is 0 Å². The summed E-state index contributed by atoms with van der Waals surface area (Å²) < 4.78 is 0. The monoisotopic (exact) mass is 297 g/mol. The number of nitrogens with one attached hydrogen (secondary N) is 1. The molecule has 3 rings (SSSR count). The Kier molecular flexibility index (Phi) is 3.62. The number of halogens is 2. The largest absolute Gasteiger partial charge is 0.309 e. The van der Waals surface area contributed by atoms with Gasteiger partial charge in [0.05, 0.1) is 10.0 Å². The summed E-state index contributed by atoms with van der Waals surface area (Å²) in [6.07, 6.45) is 2.64. The summed E-state index contributed by atoms with van der Waals surface area (Å²) in [6, 6.07) is 10.8. The second-order valence-electron chi connectivity index (χ2n) is 4.52. The van der Waals surface area contributed by atoms with Crippen LogP contribution in [-0.2, 0) is 6.54 Å². The van der Waals surface area contributed by atoms with Gasteiger partial charge in [-0.3, -0.25) is 0 Å². The number of rotatable bonds is 4. The fraction of sp³-hybridized carbons (Fsp3) is 0.286. The second-order valence-corrected chi connectivity index (χ2v) is 6.48. The third-order valence-electron chi connectivity index (χ3n) is 3.02. The molecule has 18 heavy (non-hydrogen) atoms. The van der Waals surface area contributed by atoms with Gasteiger partial charge >= 0.3 is 0 Å². The number of hydrogen-bond acceptors (Lipinski definition) is 2. The first-order valence-electron chi connectivity index (χ1n) is 6.00. The first kappa shape index (κ1) is 12.5. The molecule has 1 aromatic carbocycles. The van der Waals surface area contributed by atoms with Crippen molar-refractivity contribution in [2.75, 3.05) is 0 Å². The van der Waals surface area contributed by atoms with Crippen LogP contribution in [0.2, 0.25) is 10.0 Å². The van der Waals surface area contributed by atoms with E-state index in [2.05, 4.69) is 17.4 Å². The van der Waals surface area contributed by atoms with E-state index >= 15 is 0 Å². The lowest BCUT2D eigenvalue weighted by Crippen LogP contribution is -2.14. The zero-order valence-corrected chi connectivity index (χ0v) is 12.1. The molecule has 0 unspecified atom stereocenters. The predicted molar refractivity (Wildman–Crippen MR) is 79.6 cm³/mol. The first-order chi connectivity index (χ1) is 8.74. The van der Waals surface area contributed by atoms with Crippen LogP contribution in [0.1, 0.15) is 17.7 Å². The minimum Gasteiger partial charge on any atom is -0.309 e. The molecule has 2 aromatic rings. The van der Waals surface area contributed by atoms with Gasteiger partial charge in [0.15, 0.2) is 0 Å². The maximum absolute atomic E-state index is 6.23.